The zero-order chi connectivity index (χ0) is 14.3. The average Bonchev–Trinajstić information content (AvgIpc) is 2.45. The Kier molecular flexibility index (Phi) is 5.91. The molecule has 0 fully saturated rings. The molecule has 2 rings (SSSR count). The van der Waals surface area contributed by atoms with E-state index < -0.39 is 0 Å². The van der Waals surface area contributed by atoms with Crippen molar-refractivity contribution in [3.63, 3.8) is 0 Å². The molecule has 0 saturated heterocycles. The van der Waals surface area contributed by atoms with Gasteiger partial charge in [-0.3, -0.25) is 0 Å². The third kappa shape index (κ3) is 4.31. The fourth-order valence-corrected chi connectivity index (χ4v) is 1.80. The molecule has 0 radical (unpaired) electrons. The third-order valence-electron chi connectivity index (χ3n) is 2.17. The molecular formula is C15H15BrN2O. The Morgan fingerprint density at radius 1 is 1.11 bits per heavy atom. The molecule has 0 spiro atoms. The summed E-state index contributed by atoms with van der Waals surface area (Å²) in [6.07, 6.45) is 0. The number of hydrogen-bond donors (Lipinski definition) is 1. The summed E-state index contributed by atoms with van der Waals surface area (Å²) in [5, 5.41) is 8.68. The summed E-state index contributed by atoms with van der Waals surface area (Å²) in [6.45, 7) is 4.00. The molecule has 0 heterocycles. The van der Waals surface area contributed by atoms with Gasteiger partial charge in [-0.15, -0.1) is 0 Å². The molecule has 0 amide bonds. The van der Waals surface area contributed by atoms with Crippen LogP contribution in [0.1, 0.15) is 19.4 Å². The van der Waals surface area contributed by atoms with E-state index in [9.17, 15) is 0 Å². The first-order valence-electron chi connectivity index (χ1n) is 5.92. The predicted molar refractivity (Wildman–Crippen MR) is 81.1 cm³/mol. The van der Waals surface area contributed by atoms with Gasteiger partial charge in [0.1, 0.15) is 11.5 Å². The molecule has 0 aliphatic carbocycles. The molecule has 3 nitrogen and oxygen atoms in total. The van der Waals surface area contributed by atoms with Crippen LogP contribution in [0.4, 0.5) is 5.69 Å². The SMILES string of the molecule is CC.N#Cc1ccc(Oc2ccc(N)cc2Br)cc1. The molecule has 0 aromatic heterocycles. The van der Waals surface area contributed by atoms with E-state index in [0.29, 0.717) is 22.7 Å². The van der Waals surface area contributed by atoms with Gasteiger partial charge in [-0.05, 0) is 58.4 Å². The zero-order valence-electron chi connectivity index (χ0n) is 10.9. The monoisotopic (exact) mass is 318 g/mol. The number of benzene rings is 2. The highest BCUT2D eigenvalue weighted by molar-refractivity contribution is 9.10. The summed E-state index contributed by atoms with van der Waals surface area (Å²) in [6, 6.07) is 14.3. The van der Waals surface area contributed by atoms with Gasteiger partial charge < -0.3 is 10.5 Å². The largest absolute Gasteiger partial charge is 0.456 e. The van der Waals surface area contributed by atoms with Crippen LogP contribution in [-0.2, 0) is 0 Å². The first-order valence-corrected chi connectivity index (χ1v) is 6.71. The van der Waals surface area contributed by atoms with Crippen molar-refractivity contribution < 1.29 is 4.74 Å². The standard InChI is InChI=1S/C13H9BrN2O.C2H6/c14-12-7-10(16)3-6-13(12)17-11-4-1-9(8-15)2-5-11;1-2/h1-7H,16H2;1-2H3. The number of rotatable bonds is 2. The summed E-state index contributed by atoms with van der Waals surface area (Å²) in [7, 11) is 0. The second kappa shape index (κ2) is 7.45. The van der Waals surface area contributed by atoms with Gasteiger partial charge in [-0.25, -0.2) is 0 Å². The van der Waals surface area contributed by atoms with Gasteiger partial charge in [-0.2, -0.15) is 5.26 Å². The lowest BCUT2D eigenvalue weighted by atomic mass is 10.2. The fraction of sp³-hybridized carbons (Fsp3) is 0.133. The predicted octanol–water partition coefficient (Wildman–Crippen LogP) is 4.72. The maximum Gasteiger partial charge on any atom is 0.141 e. The van der Waals surface area contributed by atoms with Crippen molar-refractivity contribution in [2.75, 3.05) is 5.73 Å². The van der Waals surface area contributed by atoms with Crippen molar-refractivity contribution in [3.8, 4) is 17.6 Å². The number of hydrogen-bond acceptors (Lipinski definition) is 3. The summed E-state index contributed by atoms with van der Waals surface area (Å²) in [5.41, 5.74) is 6.91. The Morgan fingerprint density at radius 2 is 1.74 bits per heavy atom. The number of ether oxygens (including phenoxy) is 1. The van der Waals surface area contributed by atoms with Gasteiger partial charge in [0.15, 0.2) is 0 Å². The van der Waals surface area contributed by atoms with E-state index in [0.717, 1.165) is 4.47 Å². The van der Waals surface area contributed by atoms with E-state index in [1.165, 1.54) is 0 Å². The van der Waals surface area contributed by atoms with Crippen molar-refractivity contribution in [3.05, 3.63) is 52.5 Å². The number of nitriles is 1. The molecule has 0 atom stereocenters. The lowest BCUT2D eigenvalue weighted by Crippen LogP contribution is -1.88. The average molecular weight is 319 g/mol. The van der Waals surface area contributed by atoms with Crippen LogP contribution >= 0.6 is 15.9 Å². The highest BCUT2D eigenvalue weighted by atomic mass is 79.9. The second-order valence-electron chi connectivity index (χ2n) is 3.43. The van der Waals surface area contributed by atoms with E-state index in [1.54, 1.807) is 42.5 Å². The first kappa shape index (κ1) is 15.1. The lowest BCUT2D eigenvalue weighted by Gasteiger charge is -2.08. The highest BCUT2D eigenvalue weighted by Gasteiger charge is 2.03. The van der Waals surface area contributed by atoms with Crippen LogP contribution in [0.2, 0.25) is 0 Å². The molecule has 0 aliphatic heterocycles. The molecule has 0 saturated carbocycles. The molecule has 2 aromatic rings. The summed E-state index contributed by atoms with van der Waals surface area (Å²) >= 11 is 3.38. The third-order valence-corrected chi connectivity index (χ3v) is 2.79. The Hall–Kier alpha value is -1.99. The topological polar surface area (TPSA) is 59.0 Å². The van der Waals surface area contributed by atoms with Gasteiger partial charge in [-0.1, -0.05) is 13.8 Å². The zero-order valence-corrected chi connectivity index (χ0v) is 12.4. The van der Waals surface area contributed by atoms with E-state index in [4.69, 9.17) is 15.7 Å². The van der Waals surface area contributed by atoms with Crippen LogP contribution in [0.15, 0.2) is 46.9 Å². The van der Waals surface area contributed by atoms with Gasteiger partial charge in [0, 0.05) is 5.69 Å². The molecule has 2 N–H and O–H groups in total. The van der Waals surface area contributed by atoms with Crippen LogP contribution in [0, 0.1) is 11.3 Å². The first-order chi connectivity index (χ1) is 9.19. The highest BCUT2D eigenvalue weighted by Crippen LogP contribution is 2.31. The van der Waals surface area contributed by atoms with Crippen LogP contribution in [0.25, 0.3) is 0 Å². The maximum absolute atomic E-state index is 8.68. The maximum atomic E-state index is 8.68. The number of nitrogen functional groups attached to an aromatic ring is 1. The molecule has 0 aliphatic rings. The number of anilines is 1. The quantitative estimate of drug-likeness (QED) is 0.815. The second-order valence-corrected chi connectivity index (χ2v) is 4.28. The molecular weight excluding hydrogens is 304 g/mol. The van der Waals surface area contributed by atoms with Crippen LogP contribution in [0.3, 0.4) is 0 Å². The Bertz CT molecular complexity index is 574. The van der Waals surface area contributed by atoms with E-state index in [2.05, 4.69) is 22.0 Å². The summed E-state index contributed by atoms with van der Waals surface area (Å²) in [4.78, 5) is 0. The Balaban J connectivity index is 0.000000861. The minimum Gasteiger partial charge on any atom is -0.456 e. The van der Waals surface area contributed by atoms with Crippen LogP contribution in [-0.4, -0.2) is 0 Å². The van der Waals surface area contributed by atoms with Gasteiger partial charge >= 0.3 is 0 Å². The smallest absolute Gasteiger partial charge is 0.141 e. The Morgan fingerprint density at radius 3 is 2.26 bits per heavy atom. The van der Waals surface area contributed by atoms with Gasteiger partial charge in [0.05, 0.1) is 16.1 Å². The van der Waals surface area contributed by atoms with E-state index in [1.807, 2.05) is 13.8 Å². The molecule has 2 aromatic carbocycles. The van der Waals surface area contributed by atoms with Gasteiger partial charge in [0.25, 0.3) is 0 Å². The van der Waals surface area contributed by atoms with Crippen LogP contribution in [0.5, 0.6) is 11.5 Å². The van der Waals surface area contributed by atoms with Crippen molar-refractivity contribution in [2.24, 2.45) is 0 Å². The molecule has 0 unspecified atom stereocenters. The minimum atomic E-state index is 0.605. The lowest BCUT2D eigenvalue weighted by molar-refractivity contribution is 0.479. The fourth-order valence-electron chi connectivity index (χ4n) is 1.32. The van der Waals surface area contributed by atoms with Crippen molar-refractivity contribution in [1.82, 2.24) is 0 Å². The van der Waals surface area contributed by atoms with Crippen molar-refractivity contribution in [2.45, 2.75) is 13.8 Å². The summed E-state index contributed by atoms with van der Waals surface area (Å²) < 4.78 is 6.45. The van der Waals surface area contributed by atoms with Crippen molar-refractivity contribution in [1.29, 1.82) is 5.26 Å². The number of halogens is 1. The molecule has 19 heavy (non-hydrogen) atoms. The van der Waals surface area contributed by atoms with E-state index >= 15 is 0 Å². The van der Waals surface area contributed by atoms with Crippen LogP contribution < -0.4 is 10.5 Å². The summed E-state index contributed by atoms with van der Waals surface area (Å²) in [5.74, 6) is 1.36. The Labute approximate surface area is 121 Å². The molecule has 0 bridgehead atoms. The number of nitrogens with two attached hydrogens (primary N) is 1. The molecule has 98 valence electrons. The van der Waals surface area contributed by atoms with E-state index in [-0.39, 0.29) is 0 Å². The van der Waals surface area contributed by atoms with Crippen molar-refractivity contribution >= 4 is 21.6 Å². The molecule has 4 heteroatoms. The van der Waals surface area contributed by atoms with Gasteiger partial charge in [0.2, 0.25) is 0 Å². The minimum absolute atomic E-state index is 0.605. The normalized spacial score (nSPS) is 8.95. The number of nitrogens with zero attached hydrogens (tertiary/aromatic N) is 1.